The summed E-state index contributed by atoms with van der Waals surface area (Å²) in [4.78, 5) is 34.6. The van der Waals surface area contributed by atoms with Gasteiger partial charge in [0.25, 0.3) is 0 Å². The number of ether oxygens (including phenoxy) is 1. The van der Waals surface area contributed by atoms with E-state index in [1.54, 1.807) is 20.8 Å². The summed E-state index contributed by atoms with van der Waals surface area (Å²) in [5.74, 6) is -2.09. The molecule has 0 aromatic rings. The molecule has 0 atom stereocenters. The van der Waals surface area contributed by atoms with Crippen molar-refractivity contribution in [1.82, 2.24) is 5.23 Å². The van der Waals surface area contributed by atoms with E-state index in [4.69, 9.17) is 14.4 Å². The topological polar surface area (TPSA) is 85.3 Å². The quantitative estimate of drug-likeness (QED) is 0.170. The molecule has 0 spiro atoms. The number of carbonyl (C=O) groups excluding carboxylic acids is 1. The fourth-order valence-electron chi connectivity index (χ4n) is 2.65. The van der Waals surface area contributed by atoms with Crippen LogP contribution in [0.5, 0.6) is 0 Å². The molecule has 7 heteroatoms. The summed E-state index contributed by atoms with van der Waals surface area (Å²) in [6, 6.07) is 0. The second-order valence-electron chi connectivity index (χ2n) is 6.17. The molecule has 0 saturated carbocycles. The van der Waals surface area contributed by atoms with E-state index < -0.39 is 11.9 Å². The van der Waals surface area contributed by atoms with E-state index in [0.717, 1.165) is 19.3 Å². The fourth-order valence-corrected chi connectivity index (χ4v) is 2.65. The van der Waals surface area contributed by atoms with E-state index in [1.165, 1.54) is 25.7 Å². The Kier molecular flexibility index (Phi) is 15.6. The van der Waals surface area contributed by atoms with Crippen LogP contribution < -0.4 is 0 Å². The maximum Gasteiger partial charge on any atom is 0.338 e. The van der Waals surface area contributed by atoms with Crippen LogP contribution in [0, 0.1) is 0 Å². The summed E-state index contributed by atoms with van der Waals surface area (Å²) in [6.07, 6.45) is 9.09. The van der Waals surface area contributed by atoms with Gasteiger partial charge in [-0.05, 0) is 33.6 Å². The van der Waals surface area contributed by atoms with Gasteiger partial charge in [-0.3, -0.25) is 4.79 Å². The number of unbranched alkanes of at least 4 members (excludes halogenated alkanes) is 7. The molecule has 0 aromatic heterocycles. The van der Waals surface area contributed by atoms with Gasteiger partial charge in [-0.25, -0.2) is 14.5 Å². The van der Waals surface area contributed by atoms with Crippen molar-refractivity contribution < 1.29 is 29.1 Å². The molecule has 0 aliphatic carbocycles. The summed E-state index contributed by atoms with van der Waals surface area (Å²) >= 11 is 0. The number of carboxylic acids is 1. The van der Waals surface area contributed by atoms with Gasteiger partial charge in [0.05, 0.1) is 25.4 Å². The van der Waals surface area contributed by atoms with Crippen molar-refractivity contribution in [3.05, 3.63) is 11.3 Å². The van der Waals surface area contributed by atoms with E-state index in [-0.39, 0.29) is 37.6 Å². The fraction of sp³-hybridized carbons (Fsp3) is 0.800. The third-order valence-electron chi connectivity index (χ3n) is 3.95. The van der Waals surface area contributed by atoms with E-state index in [0.29, 0.717) is 11.6 Å². The van der Waals surface area contributed by atoms with Gasteiger partial charge < -0.3 is 9.84 Å². The zero-order chi connectivity index (χ0) is 20.5. The minimum Gasteiger partial charge on any atom is -0.488 e. The molecule has 7 nitrogen and oxygen atoms in total. The molecule has 0 saturated heterocycles. The SMILES string of the molecule is CCCCCCCCCC/C(C(=O)O)=C(\OCC)C(=O)N(OCC)OCC. The van der Waals surface area contributed by atoms with Crippen molar-refractivity contribution in [2.24, 2.45) is 0 Å². The molecular weight excluding hydrogens is 350 g/mol. The predicted octanol–water partition coefficient (Wildman–Crippen LogP) is 4.62. The number of hydrogen-bond donors (Lipinski definition) is 1. The molecule has 0 unspecified atom stereocenters. The normalized spacial score (nSPS) is 11.9. The van der Waals surface area contributed by atoms with Gasteiger partial charge in [0, 0.05) is 0 Å². The van der Waals surface area contributed by atoms with E-state index >= 15 is 0 Å². The molecular formula is C20H37NO6. The summed E-state index contributed by atoms with van der Waals surface area (Å²) < 4.78 is 5.37. The Morgan fingerprint density at radius 2 is 1.30 bits per heavy atom. The van der Waals surface area contributed by atoms with E-state index in [9.17, 15) is 14.7 Å². The smallest absolute Gasteiger partial charge is 0.338 e. The molecule has 0 aliphatic heterocycles. The highest BCUT2D eigenvalue weighted by molar-refractivity contribution is 5.99. The van der Waals surface area contributed by atoms with Crippen molar-refractivity contribution in [1.29, 1.82) is 0 Å². The lowest BCUT2D eigenvalue weighted by Crippen LogP contribution is -2.34. The molecule has 0 aliphatic rings. The highest BCUT2D eigenvalue weighted by atomic mass is 17.0. The Labute approximate surface area is 163 Å². The first-order valence-corrected chi connectivity index (χ1v) is 10.2. The molecule has 1 N–H and O–H groups in total. The first-order chi connectivity index (χ1) is 13.0. The maximum atomic E-state index is 12.6. The average Bonchev–Trinajstić information content (AvgIpc) is 2.64. The number of aliphatic carboxylic acids is 1. The second kappa shape index (κ2) is 16.6. The molecule has 27 heavy (non-hydrogen) atoms. The van der Waals surface area contributed by atoms with Crippen LogP contribution in [0.2, 0.25) is 0 Å². The van der Waals surface area contributed by atoms with Crippen LogP contribution >= 0.6 is 0 Å². The lowest BCUT2D eigenvalue weighted by Gasteiger charge is -2.21. The van der Waals surface area contributed by atoms with Crippen molar-refractivity contribution in [2.45, 2.75) is 85.5 Å². The molecule has 1 amide bonds. The van der Waals surface area contributed by atoms with Crippen LogP contribution in [0.4, 0.5) is 0 Å². The third-order valence-corrected chi connectivity index (χ3v) is 3.95. The summed E-state index contributed by atoms with van der Waals surface area (Å²) in [6.45, 7) is 7.92. The first-order valence-electron chi connectivity index (χ1n) is 10.2. The van der Waals surface area contributed by atoms with E-state index in [2.05, 4.69) is 6.92 Å². The molecule has 0 bridgehead atoms. The number of hydrogen-bond acceptors (Lipinski definition) is 5. The van der Waals surface area contributed by atoms with Crippen molar-refractivity contribution in [2.75, 3.05) is 19.8 Å². The number of nitrogens with zero attached hydrogens (tertiary/aromatic N) is 1. The number of rotatable bonds is 17. The third kappa shape index (κ3) is 11.0. The monoisotopic (exact) mass is 387 g/mol. The van der Waals surface area contributed by atoms with Gasteiger partial charge in [0.2, 0.25) is 0 Å². The zero-order valence-corrected chi connectivity index (χ0v) is 17.4. The van der Waals surface area contributed by atoms with Crippen LogP contribution in [0.1, 0.15) is 85.5 Å². The minimum absolute atomic E-state index is 0.0303. The van der Waals surface area contributed by atoms with Crippen molar-refractivity contribution in [3.8, 4) is 0 Å². The minimum atomic E-state index is -1.15. The van der Waals surface area contributed by atoms with Gasteiger partial charge in [0.15, 0.2) is 5.76 Å². The number of carboxylic acid groups (broad SMARTS) is 1. The Balaban J connectivity index is 4.92. The maximum absolute atomic E-state index is 12.6. The van der Waals surface area contributed by atoms with Crippen molar-refractivity contribution in [3.63, 3.8) is 0 Å². The predicted molar refractivity (Wildman–Crippen MR) is 104 cm³/mol. The van der Waals surface area contributed by atoms with Gasteiger partial charge in [-0.2, -0.15) is 0 Å². The van der Waals surface area contributed by atoms with Crippen LogP contribution in [-0.4, -0.2) is 42.0 Å². The first kappa shape index (κ1) is 25.4. The highest BCUT2D eigenvalue weighted by Crippen LogP contribution is 2.19. The molecule has 0 aromatic carbocycles. The number of amides is 1. The van der Waals surface area contributed by atoms with Crippen molar-refractivity contribution >= 4 is 11.9 Å². The zero-order valence-electron chi connectivity index (χ0n) is 17.4. The summed E-state index contributed by atoms with van der Waals surface area (Å²) in [5.41, 5.74) is -0.0303. The Morgan fingerprint density at radius 1 is 0.778 bits per heavy atom. The lowest BCUT2D eigenvalue weighted by molar-refractivity contribution is -0.337. The van der Waals surface area contributed by atoms with Gasteiger partial charge in [0.1, 0.15) is 0 Å². The van der Waals surface area contributed by atoms with E-state index in [1.807, 2.05) is 0 Å². The number of carbonyl (C=O) groups is 2. The Morgan fingerprint density at radius 3 is 1.74 bits per heavy atom. The Bertz CT molecular complexity index is 444. The molecule has 158 valence electrons. The summed E-state index contributed by atoms with van der Waals surface area (Å²) in [7, 11) is 0. The Hall–Kier alpha value is -1.60. The molecule has 0 radical (unpaired) electrons. The molecule has 0 fully saturated rings. The molecule has 0 rings (SSSR count). The average molecular weight is 388 g/mol. The van der Waals surface area contributed by atoms with Crippen LogP contribution in [0.25, 0.3) is 0 Å². The van der Waals surface area contributed by atoms with Gasteiger partial charge in [-0.1, -0.05) is 57.1 Å². The summed E-state index contributed by atoms with van der Waals surface area (Å²) in [5, 5.41) is 10.3. The largest absolute Gasteiger partial charge is 0.488 e. The highest BCUT2D eigenvalue weighted by Gasteiger charge is 2.28. The second-order valence-corrected chi connectivity index (χ2v) is 6.17. The standard InChI is InChI=1S/C20H37NO6/c1-5-9-10-11-12-13-14-15-16-17(20(23)24)18(25-6-2)19(22)21(26-7-3)27-8-4/h5-16H2,1-4H3,(H,23,24)/b18-17+. The molecule has 0 heterocycles. The van der Waals surface area contributed by atoms with Gasteiger partial charge in [-0.15, -0.1) is 0 Å². The van der Waals surface area contributed by atoms with Crippen LogP contribution in [-0.2, 0) is 24.0 Å². The van der Waals surface area contributed by atoms with Crippen LogP contribution in [0.15, 0.2) is 11.3 Å². The lowest BCUT2D eigenvalue weighted by atomic mass is 10.0. The number of hydroxylamine groups is 2. The van der Waals surface area contributed by atoms with Gasteiger partial charge >= 0.3 is 11.9 Å². The van der Waals surface area contributed by atoms with Crippen LogP contribution in [0.3, 0.4) is 0 Å².